The number of hydrogen-bond donors (Lipinski definition) is 1. The molecule has 2 aromatic carbocycles. The predicted octanol–water partition coefficient (Wildman–Crippen LogP) is 3.69. The molecular formula is C27H20N10. The molecule has 10 nitrogen and oxygen atoms in total. The first-order chi connectivity index (χ1) is 18.1. The van der Waals surface area contributed by atoms with Crippen molar-refractivity contribution in [3.8, 4) is 39.7 Å². The van der Waals surface area contributed by atoms with Gasteiger partial charge in [0.05, 0.1) is 34.8 Å². The van der Waals surface area contributed by atoms with E-state index in [2.05, 4.69) is 38.3 Å². The highest BCUT2D eigenvalue weighted by atomic mass is 15.4. The van der Waals surface area contributed by atoms with Crippen LogP contribution in [0.5, 0.6) is 0 Å². The summed E-state index contributed by atoms with van der Waals surface area (Å²) in [6.45, 7) is 0. The summed E-state index contributed by atoms with van der Waals surface area (Å²) < 4.78 is 3.30. The van der Waals surface area contributed by atoms with Crippen LogP contribution >= 0.6 is 0 Å². The molecule has 0 saturated carbocycles. The minimum absolute atomic E-state index is 0.162. The molecule has 10 heteroatoms. The molecule has 37 heavy (non-hydrogen) atoms. The van der Waals surface area contributed by atoms with Crippen LogP contribution < -0.4 is 5.73 Å². The Hall–Kier alpha value is -5.43. The molecule has 178 valence electrons. The van der Waals surface area contributed by atoms with Crippen LogP contribution in [-0.4, -0.2) is 39.3 Å². The molecule has 0 amide bonds. The second-order valence-corrected chi connectivity index (χ2v) is 8.45. The fraction of sp³-hybridized carbons (Fsp3) is 0.0741. The molecule has 4 aromatic heterocycles. The Labute approximate surface area is 211 Å². The molecular weight excluding hydrogens is 464 g/mol. The van der Waals surface area contributed by atoms with Gasteiger partial charge in [-0.15, -0.1) is 5.10 Å². The van der Waals surface area contributed by atoms with Crippen LogP contribution in [-0.2, 0) is 13.5 Å². The molecule has 0 aliphatic heterocycles. The van der Waals surface area contributed by atoms with Gasteiger partial charge in [-0.05, 0) is 23.3 Å². The highest BCUT2D eigenvalue weighted by molar-refractivity contribution is 5.90. The zero-order chi connectivity index (χ0) is 25.4. The molecule has 6 aromatic rings. The minimum Gasteiger partial charge on any atom is -0.368 e. The molecule has 0 radical (unpaired) electrons. The maximum Gasteiger partial charge on any atom is 0.223 e. The number of fused-ring (bicyclic) bond motifs is 1. The molecule has 0 aliphatic rings. The van der Waals surface area contributed by atoms with Gasteiger partial charge in [-0.2, -0.15) is 14.9 Å². The normalized spacial score (nSPS) is 11.0. The summed E-state index contributed by atoms with van der Waals surface area (Å²) in [5.74, 6) is 0.737. The Balaban J connectivity index is 1.55. The van der Waals surface area contributed by atoms with E-state index in [1.165, 1.54) is 10.8 Å². The van der Waals surface area contributed by atoms with E-state index in [9.17, 15) is 5.26 Å². The average molecular weight is 485 g/mol. The van der Waals surface area contributed by atoms with Gasteiger partial charge in [0.25, 0.3) is 0 Å². The first-order valence-corrected chi connectivity index (χ1v) is 11.5. The molecule has 0 bridgehead atoms. The Morgan fingerprint density at radius 2 is 1.81 bits per heavy atom. The Morgan fingerprint density at radius 3 is 2.57 bits per heavy atom. The largest absolute Gasteiger partial charge is 0.368 e. The fourth-order valence-electron chi connectivity index (χ4n) is 4.42. The van der Waals surface area contributed by atoms with Gasteiger partial charge >= 0.3 is 0 Å². The van der Waals surface area contributed by atoms with E-state index in [1.807, 2.05) is 49.8 Å². The third-order valence-electron chi connectivity index (χ3n) is 6.08. The summed E-state index contributed by atoms with van der Waals surface area (Å²) in [7, 11) is 1.89. The molecule has 6 rings (SSSR count). The lowest BCUT2D eigenvalue weighted by molar-refractivity contribution is 0.768. The van der Waals surface area contributed by atoms with Crippen molar-refractivity contribution in [3.63, 3.8) is 0 Å². The van der Waals surface area contributed by atoms with Crippen molar-refractivity contribution in [3.05, 3.63) is 96.5 Å². The topological polar surface area (TPSA) is 136 Å². The maximum absolute atomic E-state index is 9.74. The van der Waals surface area contributed by atoms with E-state index in [0.717, 1.165) is 16.7 Å². The van der Waals surface area contributed by atoms with Crippen LogP contribution in [0.2, 0.25) is 0 Å². The van der Waals surface area contributed by atoms with Gasteiger partial charge in [-0.25, -0.2) is 19.9 Å². The minimum atomic E-state index is 0.162. The van der Waals surface area contributed by atoms with Crippen molar-refractivity contribution in [2.45, 2.75) is 6.42 Å². The molecule has 0 fully saturated rings. The van der Waals surface area contributed by atoms with Crippen LogP contribution in [0.1, 0.15) is 17.0 Å². The highest BCUT2D eigenvalue weighted by Crippen LogP contribution is 2.35. The Morgan fingerprint density at radius 1 is 1.00 bits per heavy atom. The van der Waals surface area contributed by atoms with Crippen molar-refractivity contribution in [2.24, 2.45) is 7.05 Å². The van der Waals surface area contributed by atoms with Crippen LogP contribution in [0.4, 0.5) is 5.95 Å². The number of nitriles is 1. The zero-order valence-corrected chi connectivity index (χ0v) is 19.8. The van der Waals surface area contributed by atoms with Gasteiger partial charge in [0.1, 0.15) is 6.33 Å². The summed E-state index contributed by atoms with van der Waals surface area (Å²) in [6.07, 6.45) is 7.40. The van der Waals surface area contributed by atoms with E-state index >= 15 is 0 Å². The monoisotopic (exact) mass is 484 g/mol. The van der Waals surface area contributed by atoms with Crippen LogP contribution in [0.3, 0.4) is 0 Å². The van der Waals surface area contributed by atoms with Gasteiger partial charge in [-0.3, -0.25) is 4.68 Å². The van der Waals surface area contributed by atoms with Crippen molar-refractivity contribution >= 4 is 11.6 Å². The second kappa shape index (κ2) is 8.98. The van der Waals surface area contributed by atoms with Crippen molar-refractivity contribution in [1.82, 2.24) is 39.3 Å². The van der Waals surface area contributed by atoms with E-state index in [-0.39, 0.29) is 5.95 Å². The number of nitrogens with two attached hydrogens (primary N) is 1. The number of nitrogens with zero attached hydrogens (tertiary/aromatic N) is 9. The molecule has 0 aliphatic carbocycles. The van der Waals surface area contributed by atoms with Crippen LogP contribution in [0.25, 0.3) is 39.3 Å². The SMILES string of the molecule is Cn1cc(-c2ccccc2Cc2nc3c(-c4ccncn4)c(-c4ccccc4C#N)nc(N)n3n2)cn1. The lowest BCUT2D eigenvalue weighted by atomic mass is 9.99. The number of aromatic nitrogens is 8. The Bertz CT molecular complexity index is 1790. The number of anilines is 1. The third kappa shape index (κ3) is 3.94. The third-order valence-corrected chi connectivity index (χ3v) is 6.08. The van der Waals surface area contributed by atoms with Gasteiger partial charge < -0.3 is 5.73 Å². The number of benzene rings is 2. The smallest absolute Gasteiger partial charge is 0.223 e. The molecule has 0 atom stereocenters. The van der Waals surface area contributed by atoms with Crippen LogP contribution in [0, 0.1) is 11.3 Å². The van der Waals surface area contributed by atoms with Gasteiger partial charge in [0.15, 0.2) is 11.5 Å². The number of rotatable bonds is 5. The zero-order valence-electron chi connectivity index (χ0n) is 19.8. The van der Waals surface area contributed by atoms with Gasteiger partial charge in [0.2, 0.25) is 5.95 Å². The summed E-state index contributed by atoms with van der Waals surface area (Å²) in [4.78, 5) is 18.1. The molecule has 4 heterocycles. The molecule has 0 saturated heterocycles. The summed E-state index contributed by atoms with van der Waals surface area (Å²) >= 11 is 0. The molecule has 0 spiro atoms. The first kappa shape index (κ1) is 22.1. The predicted molar refractivity (Wildman–Crippen MR) is 138 cm³/mol. The number of nitrogen functional groups attached to an aromatic ring is 1. The fourth-order valence-corrected chi connectivity index (χ4v) is 4.42. The first-order valence-electron chi connectivity index (χ1n) is 11.5. The van der Waals surface area contributed by atoms with E-state index < -0.39 is 0 Å². The van der Waals surface area contributed by atoms with Crippen molar-refractivity contribution in [2.75, 3.05) is 5.73 Å². The Kier molecular flexibility index (Phi) is 5.35. The quantitative estimate of drug-likeness (QED) is 0.391. The number of aryl methyl sites for hydroxylation is 1. The van der Waals surface area contributed by atoms with Gasteiger partial charge in [-0.1, -0.05) is 42.5 Å². The maximum atomic E-state index is 9.74. The van der Waals surface area contributed by atoms with E-state index in [0.29, 0.717) is 46.0 Å². The second-order valence-electron chi connectivity index (χ2n) is 8.45. The summed E-state index contributed by atoms with van der Waals surface area (Å²) in [5, 5.41) is 18.7. The van der Waals surface area contributed by atoms with Crippen molar-refractivity contribution < 1.29 is 0 Å². The van der Waals surface area contributed by atoms with Crippen LogP contribution in [0.15, 0.2) is 79.5 Å². The van der Waals surface area contributed by atoms with Crippen molar-refractivity contribution in [1.29, 1.82) is 5.26 Å². The average Bonchev–Trinajstić information content (AvgIpc) is 3.56. The molecule has 2 N–H and O–H groups in total. The highest BCUT2D eigenvalue weighted by Gasteiger charge is 2.22. The summed E-state index contributed by atoms with van der Waals surface area (Å²) in [6, 6.07) is 19.3. The number of hydrogen-bond acceptors (Lipinski definition) is 8. The summed E-state index contributed by atoms with van der Waals surface area (Å²) in [5.41, 5.74) is 12.9. The lowest BCUT2D eigenvalue weighted by Gasteiger charge is -2.12. The van der Waals surface area contributed by atoms with Gasteiger partial charge in [0, 0.05) is 37.0 Å². The van der Waals surface area contributed by atoms with E-state index in [4.69, 9.17) is 15.8 Å². The standard InChI is InChI=1S/C27H20N10/c1-36-15-19(14-32-36)20-8-4-2-6-17(20)12-23-33-26-24(22-10-11-30-16-31-22)25(34-27(29)37(26)35-23)21-9-5-3-7-18(21)13-28/h2-11,14-16H,12H2,1H3,(H2,29,34). The molecule has 0 unspecified atom stereocenters. The lowest BCUT2D eigenvalue weighted by Crippen LogP contribution is -2.07. The van der Waals surface area contributed by atoms with E-state index in [1.54, 1.807) is 23.0 Å².